The van der Waals surface area contributed by atoms with Gasteiger partial charge in [0.05, 0.1) is 0 Å². The Morgan fingerprint density at radius 1 is 1.20 bits per heavy atom. The van der Waals surface area contributed by atoms with Crippen molar-refractivity contribution in [3.05, 3.63) is 42.5 Å². The summed E-state index contributed by atoms with van der Waals surface area (Å²) in [4.78, 5) is 12.3. The average molecular weight is 268 g/mol. The highest BCUT2D eigenvalue weighted by Gasteiger charge is 2.24. The molecular weight excluding hydrogens is 248 g/mol. The summed E-state index contributed by atoms with van der Waals surface area (Å²) in [7, 11) is 0. The molecule has 104 valence electrons. The number of nitrogens with one attached hydrogen (secondary N) is 2. The molecule has 0 radical (unpaired) electrons. The Morgan fingerprint density at radius 2 is 2.00 bits per heavy atom. The van der Waals surface area contributed by atoms with E-state index in [-0.39, 0.29) is 11.8 Å². The topological polar surface area (TPSA) is 41.1 Å². The first-order valence-corrected chi connectivity index (χ1v) is 7.25. The van der Waals surface area contributed by atoms with Crippen LogP contribution in [-0.2, 0) is 4.79 Å². The number of anilines is 1. The van der Waals surface area contributed by atoms with Crippen LogP contribution in [0.4, 0.5) is 5.69 Å². The van der Waals surface area contributed by atoms with Gasteiger partial charge in [-0.1, -0.05) is 30.3 Å². The molecule has 0 bridgehead atoms. The number of rotatable bonds is 2. The Balaban J connectivity index is 1.73. The Bertz CT molecular complexity index is 623. The Morgan fingerprint density at radius 3 is 2.80 bits per heavy atom. The first-order chi connectivity index (χ1) is 9.72. The molecule has 3 rings (SSSR count). The first kappa shape index (κ1) is 13.1. The van der Waals surface area contributed by atoms with E-state index in [1.165, 1.54) is 5.39 Å². The maximum atomic E-state index is 12.3. The first-order valence-electron chi connectivity index (χ1n) is 7.25. The molecule has 1 aliphatic rings. The molecule has 2 aromatic rings. The van der Waals surface area contributed by atoms with Crippen LogP contribution in [0.25, 0.3) is 10.8 Å². The van der Waals surface area contributed by atoms with Crippen LogP contribution < -0.4 is 10.6 Å². The highest BCUT2D eigenvalue weighted by atomic mass is 16.1. The predicted octanol–water partition coefficient (Wildman–Crippen LogP) is 3.17. The molecule has 3 heteroatoms. The summed E-state index contributed by atoms with van der Waals surface area (Å²) in [5, 5.41) is 8.78. The van der Waals surface area contributed by atoms with E-state index < -0.39 is 0 Å². The van der Waals surface area contributed by atoms with Crippen LogP contribution in [0.5, 0.6) is 0 Å². The van der Waals surface area contributed by atoms with Gasteiger partial charge in [-0.15, -0.1) is 0 Å². The zero-order chi connectivity index (χ0) is 13.9. The molecule has 0 saturated carbocycles. The third-order valence-corrected chi connectivity index (χ3v) is 4.01. The van der Waals surface area contributed by atoms with E-state index in [0.717, 1.165) is 30.5 Å². The van der Waals surface area contributed by atoms with E-state index in [0.29, 0.717) is 6.04 Å². The number of benzene rings is 2. The summed E-state index contributed by atoms with van der Waals surface area (Å²) in [6.45, 7) is 3.06. The summed E-state index contributed by atoms with van der Waals surface area (Å²) in [5.74, 6) is 0.270. The third kappa shape index (κ3) is 2.83. The van der Waals surface area contributed by atoms with Gasteiger partial charge in [0, 0.05) is 17.6 Å². The van der Waals surface area contributed by atoms with Gasteiger partial charge >= 0.3 is 0 Å². The number of hydrogen-bond donors (Lipinski definition) is 2. The van der Waals surface area contributed by atoms with E-state index in [4.69, 9.17) is 0 Å². The van der Waals surface area contributed by atoms with Gasteiger partial charge < -0.3 is 10.6 Å². The molecule has 0 aromatic heterocycles. The molecule has 20 heavy (non-hydrogen) atoms. The van der Waals surface area contributed by atoms with E-state index >= 15 is 0 Å². The normalized spacial score (nSPS) is 22.6. The lowest BCUT2D eigenvalue weighted by molar-refractivity contribution is -0.120. The third-order valence-electron chi connectivity index (χ3n) is 4.01. The van der Waals surface area contributed by atoms with Crippen LogP contribution in [0.15, 0.2) is 42.5 Å². The number of piperidine rings is 1. The van der Waals surface area contributed by atoms with E-state index in [1.54, 1.807) is 0 Å². The van der Waals surface area contributed by atoms with Crippen LogP contribution >= 0.6 is 0 Å². The Kier molecular flexibility index (Phi) is 3.70. The minimum Gasteiger partial charge on any atom is -0.326 e. The van der Waals surface area contributed by atoms with Gasteiger partial charge in [0.1, 0.15) is 0 Å². The lowest BCUT2D eigenvalue weighted by Gasteiger charge is -2.27. The molecule has 1 fully saturated rings. The zero-order valence-corrected chi connectivity index (χ0v) is 11.7. The summed E-state index contributed by atoms with van der Waals surface area (Å²) < 4.78 is 0. The van der Waals surface area contributed by atoms with Gasteiger partial charge in [-0.05, 0) is 49.2 Å². The highest BCUT2D eigenvalue weighted by molar-refractivity contribution is 5.95. The fourth-order valence-corrected chi connectivity index (χ4v) is 2.88. The van der Waals surface area contributed by atoms with Gasteiger partial charge in [-0.2, -0.15) is 0 Å². The molecule has 1 heterocycles. The van der Waals surface area contributed by atoms with Crippen LogP contribution in [0.1, 0.15) is 19.8 Å². The number of amides is 1. The second-order valence-corrected chi connectivity index (χ2v) is 5.63. The van der Waals surface area contributed by atoms with Crippen molar-refractivity contribution in [2.45, 2.75) is 25.8 Å². The van der Waals surface area contributed by atoms with Gasteiger partial charge in [0.2, 0.25) is 5.91 Å². The monoisotopic (exact) mass is 268 g/mol. The van der Waals surface area contributed by atoms with Crippen molar-refractivity contribution in [2.75, 3.05) is 11.9 Å². The molecule has 2 atom stereocenters. The molecule has 2 N–H and O–H groups in total. The van der Waals surface area contributed by atoms with Crippen LogP contribution in [-0.4, -0.2) is 18.5 Å². The quantitative estimate of drug-likeness (QED) is 0.878. The number of fused-ring (bicyclic) bond motifs is 1. The maximum absolute atomic E-state index is 12.3. The van der Waals surface area contributed by atoms with Gasteiger partial charge in [-0.3, -0.25) is 4.79 Å². The SMILES string of the molecule is CC1CC(C(=O)Nc2ccc3ccccc3c2)CCN1. The molecule has 3 nitrogen and oxygen atoms in total. The number of carbonyl (C=O) groups excluding carboxylic acids is 1. The van der Waals surface area contributed by atoms with Crippen molar-refractivity contribution in [1.82, 2.24) is 5.32 Å². The number of carbonyl (C=O) groups is 1. The number of hydrogen-bond acceptors (Lipinski definition) is 2. The molecule has 2 unspecified atom stereocenters. The molecule has 2 aromatic carbocycles. The standard InChI is InChI=1S/C17H20N2O/c1-12-10-15(8-9-18-12)17(20)19-16-7-6-13-4-2-3-5-14(13)11-16/h2-7,11-12,15,18H,8-10H2,1H3,(H,19,20). The Hall–Kier alpha value is -1.87. The molecule has 1 amide bonds. The lowest BCUT2D eigenvalue weighted by Crippen LogP contribution is -2.40. The van der Waals surface area contributed by atoms with E-state index in [2.05, 4.69) is 35.8 Å². The molecule has 0 aliphatic carbocycles. The molecule has 0 spiro atoms. The fraction of sp³-hybridized carbons (Fsp3) is 0.353. The van der Waals surface area contributed by atoms with Gasteiger partial charge in [0.15, 0.2) is 0 Å². The lowest BCUT2D eigenvalue weighted by atomic mass is 9.92. The Labute approximate surface area is 119 Å². The summed E-state index contributed by atoms with van der Waals surface area (Å²) in [6, 6.07) is 14.7. The minimum absolute atomic E-state index is 0.123. The van der Waals surface area contributed by atoms with Crippen molar-refractivity contribution in [1.29, 1.82) is 0 Å². The summed E-state index contributed by atoms with van der Waals surface area (Å²) in [6.07, 6.45) is 1.84. The second-order valence-electron chi connectivity index (χ2n) is 5.63. The molecule has 1 saturated heterocycles. The van der Waals surface area contributed by atoms with Crippen molar-refractivity contribution < 1.29 is 4.79 Å². The molecule has 1 aliphatic heterocycles. The molecular formula is C17H20N2O. The minimum atomic E-state index is 0.123. The van der Waals surface area contributed by atoms with Crippen LogP contribution in [0.2, 0.25) is 0 Å². The fourth-order valence-electron chi connectivity index (χ4n) is 2.88. The van der Waals surface area contributed by atoms with Crippen molar-refractivity contribution in [3.8, 4) is 0 Å². The van der Waals surface area contributed by atoms with Gasteiger partial charge in [0.25, 0.3) is 0 Å². The van der Waals surface area contributed by atoms with Crippen molar-refractivity contribution in [2.24, 2.45) is 5.92 Å². The summed E-state index contributed by atoms with van der Waals surface area (Å²) >= 11 is 0. The predicted molar refractivity (Wildman–Crippen MR) is 82.8 cm³/mol. The van der Waals surface area contributed by atoms with E-state index in [9.17, 15) is 4.79 Å². The van der Waals surface area contributed by atoms with Crippen LogP contribution in [0.3, 0.4) is 0 Å². The van der Waals surface area contributed by atoms with E-state index in [1.807, 2.05) is 24.3 Å². The summed E-state index contributed by atoms with van der Waals surface area (Å²) in [5.41, 5.74) is 0.889. The van der Waals surface area contributed by atoms with Crippen molar-refractivity contribution in [3.63, 3.8) is 0 Å². The van der Waals surface area contributed by atoms with Crippen molar-refractivity contribution >= 4 is 22.4 Å². The average Bonchev–Trinajstić information content (AvgIpc) is 2.47. The largest absolute Gasteiger partial charge is 0.326 e. The maximum Gasteiger partial charge on any atom is 0.227 e. The highest BCUT2D eigenvalue weighted by Crippen LogP contribution is 2.22. The smallest absolute Gasteiger partial charge is 0.227 e. The van der Waals surface area contributed by atoms with Gasteiger partial charge in [-0.25, -0.2) is 0 Å². The second kappa shape index (κ2) is 5.63. The zero-order valence-electron chi connectivity index (χ0n) is 11.7. The van der Waals surface area contributed by atoms with Crippen LogP contribution in [0, 0.1) is 5.92 Å².